The molecule has 1 heterocycles. The predicted molar refractivity (Wildman–Crippen MR) is 83.6 cm³/mol. The van der Waals surface area contributed by atoms with E-state index < -0.39 is 0 Å². The molecule has 3 nitrogen and oxygen atoms in total. The summed E-state index contributed by atoms with van der Waals surface area (Å²) in [6, 6.07) is 5.19. The van der Waals surface area contributed by atoms with Crippen LogP contribution in [0.4, 0.5) is 4.79 Å². The van der Waals surface area contributed by atoms with Crippen LogP contribution in [0.1, 0.15) is 25.3 Å². The monoisotopic (exact) mass is 331 g/mol. The van der Waals surface area contributed by atoms with E-state index in [4.69, 9.17) is 23.2 Å². The first-order valence-electron chi connectivity index (χ1n) is 6.49. The van der Waals surface area contributed by atoms with Crippen LogP contribution in [0.3, 0.4) is 0 Å². The van der Waals surface area contributed by atoms with Crippen molar-refractivity contribution >= 4 is 46.1 Å². The molecule has 1 aliphatic heterocycles. The summed E-state index contributed by atoms with van der Waals surface area (Å²) < 4.78 is 0. The number of hydrogen-bond donors (Lipinski definition) is 0. The lowest BCUT2D eigenvalue weighted by atomic mass is 10.1. The van der Waals surface area contributed by atoms with Gasteiger partial charge < -0.3 is 0 Å². The Morgan fingerprint density at radius 3 is 2.70 bits per heavy atom. The maximum atomic E-state index is 12.2. The van der Waals surface area contributed by atoms with Crippen molar-refractivity contribution < 1.29 is 9.59 Å². The number of halogens is 2. The molecular formula is C14H15Cl2NO2S. The van der Waals surface area contributed by atoms with E-state index in [2.05, 4.69) is 0 Å². The van der Waals surface area contributed by atoms with Gasteiger partial charge in [-0.3, -0.25) is 14.5 Å². The van der Waals surface area contributed by atoms with E-state index in [9.17, 15) is 9.59 Å². The van der Waals surface area contributed by atoms with Crippen LogP contribution >= 0.6 is 35.0 Å². The Balaban J connectivity index is 2.07. The van der Waals surface area contributed by atoms with Crippen LogP contribution in [-0.2, 0) is 11.2 Å². The third kappa shape index (κ3) is 3.48. The maximum absolute atomic E-state index is 12.2. The highest BCUT2D eigenvalue weighted by Gasteiger charge is 2.39. The average Bonchev–Trinajstić information content (AvgIpc) is 2.66. The minimum Gasteiger partial charge on any atom is -0.273 e. The van der Waals surface area contributed by atoms with E-state index in [1.54, 1.807) is 18.2 Å². The summed E-state index contributed by atoms with van der Waals surface area (Å²) >= 11 is 13.0. The molecule has 0 unspecified atom stereocenters. The normalized spacial score (nSPS) is 18.9. The number of carbonyl (C=O) groups excluding carboxylic acids is 2. The summed E-state index contributed by atoms with van der Waals surface area (Å²) in [5.74, 6) is -0.112. The van der Waals surface area contributed by atoms with Gasteiger partial charge in [-0.05, 0) is 30.5 Å². The van der Waals surface area contributed by atoms with Gasteiger partial charge in [-0.15, -0.1) is 0 Å². The highest BCUT2D eigenvalue weighted by atomic mass is 35.5. The van der Waals surface area contributed by atoms with Crippen LogP contribution in [0.15, 0.2) is 18.2 Å². The summed E-state index contributed by atoms with van der Waals surface area (Å²) in [4.78, 5) is 25.4. The lowest BCUT2D eigenvalue weighted by molar-refractivity contribution is -0.126. The third-order valence-corrected chi connectivity index (χ3v) is 4.82. The molecule has 1 aliphatic rings. The number of rotatable bonds is 5. The summed E-state index contributed by atoms with van der Waals surface area (Å²) in [5.41, 5.74) is 0.840. The zero-order chi connectivity index (χ0) is 14.7. The highest BCUT2D eigenvalue weighted by Crippen LogP contribution is 2.32. The summed E-state index contributed by atoms with van der Waals surface area (Å²) in [6.07, 6.45) is 2.25. The molecule has 20 heavy (non-hydrogen) atoms. The van der Waals surface area contributed by atoms with E-state index in [1.807, 2.05) is 6.92 Å². The minimum absolute atomic E-state index is 0.112. The van der Waals surface area contributed by atoms with Crippen molar-refractivity contribution in [1.29, 1.82) is 0 Å². The number of thioether (sulfide) groups is 1. The van der Waals surface area contributed by atoms with Crippen molar-refractivity contribution in [1.82, 2.24) is 4.90 Å². The maximum Gasteiger partial charge on any atom is 0.289 e. The van der Waals surface area contributed by atoms with E-state index >= 15 is 0 Å². The van der Waals surface area contributed by atoms with Crippen molar-refractivity contribution in [2.45, 2.75) is 31.4 Å². The van der Waals surface area contributed by atoms with E-state index in [1.165, 1.54) is 4.90 Å². The lowest BCUT2D eigenvalue weighted by Gasteiger charge is -2.13. The zero-order valence-corrected chi connectivity index (χ0v) is 13.4. The Morgan fingerprint density at radius 2 is 2.05 bits per heavy atom. The molecule has 1 fully saturated rings. The van der Waals surface area contributed by atoms with Crippen LogP contribution in [0.2, 0.25) is 10.0 Å². The number of hydrogen-bond acceptors (Lipinski definition) is 3. The van der Waals surface area contributed by atoms with Gasteiger partial charge in [-0.2, -0.15) is 0 Å². The second-order valence-electron chi connectivity index (χ2n) is 4.66. The zero-order valence-electron chi connectivity index (χ0n) is 11.1. The first-order chi connectivity index (χ1) is 9.52. The molecule has 2 rings (SSSR count). The smallest absolute Gasteiger partial charge is 0.273 e. The number of imide groups is 1. The molecule has 0 saturated carbocycles. The molecule has 1 aromatic carbocycles. The fourth-order valence-electron chi connectivity index (χ4n) is 2.03. The molecule has 0 aromatic heterocycles. The van der Waals surface area contributed by atoms with Crippen LogP contribution in [-0.4, -0.2) is 27.8 Å². The Labute approximate surface area is 132 Å². The first-order valence-corrected chi connectivity index (χ1v) is 8.12. The number of carbonyl (C=O) groups is 2. The number of nitrogens with zero attached hydrogens (tertiary/aromatic N) is 1. The van der Waals surface area contributed by atoms with E-state index in [-0.39, 0.29) is 16.4 Å². The van der Waals surface area contributed by atoms with Gasteiger partial charge in [-0.1, -0.05) is 54.4 Å². The van der Waals surface area contributed by atoms with Gasteiger partial charge in [0.05, 0.1) is 5.25 Å². The molecule has 0 N–H and O–H groups in total. The van der Waals surface area contributed by atoms with Crippen LogP contribution in [0, 0.1) is 0 Å². The molecule has 0 radical (unpaired) electrons. The fourth-order valence-corrected chi connectivity index (χ4v) is 3.56. The Morgan fingerprint density at radius 1 is 1.30 bits per heavy atom. The molecule has 0 bridgehead atoms. The second-order valence-corrected chi connectivity index (χ2v) is 6.65. The Bertz CT molecular complexity index is 536. The second kappa shape index (κ2) is 6.83. The molecule has 1 aromatic rings. The number of benzene rings is 1. The third-order valence-electron chi connectivity index (χ3n) is 3.16. The predicted octanol–water partition coefficient (Wildman–Crippen LogP) is 4.40. The van der Waals surface area contributed by atoms with Gasteiger partial charge in [-0.25, -0.2) is 0 Å². The van der Waals surface area contributed by atoms with Crippen molar-refractivity contribution in [3.8, 4) is 0 Å². The van der Waals surface area contributed by atoms with Crippen LogP contribution < -0.4 is 0 Å². The number of amides is 2. The van der Waals surface area contributed by atoms with Gasteiger partial charge in [0.1, 0.15) is 0 Å². The topological polar surface area (TPSA) is 37.4 Å². The molecule has 1 atom stereocenters. The first kappa shape index (κ1) is 15.7. The molecular weight excluding hydrogens is 317 g/mol. The molecule has 2 amide bonds. The number of unbranched alkanes of at least 4 members (excludes halogenated alkanes) is 1. The summed E-state index contributed by atoms with van der Waals surface area (Å²) in [6.45, 7) is 2.54. The summed E-state index contributed by atoms with van der Waals surface area (Å²) in [7, 11) is 0. The summed E-state index contributed by atoms with van der Waals surface area (Å²) in [5, 5.41) is 0.562. The molecule has 0 aliphatic carbocycles. The van der Waals surface area contributed by atoms with E-state index in [0.29, 0.717) is 23.0 Å². The average molecular weight is 332 g/mol. The minimum atomic E-state index is -0.377. The molecule has 0 spiro atoms. The SMILES string of the molecule is CCCCN1C(=O)S[C@@H](Cc2ccc(Cl)cc2Cl)C1=O. The van der Waals surface area contributed by atoms with Crippen LogP contribution in [0.5, 0.6) is 0 Å². The van der Waals surface area contributed by atoms with Gasteiger partial charge in [0.25, 0.3) is 5.24 Å². The Hall–Kier alpha value is -0.710. The quantitative estimate of drug-likeness (QED) is 0.802. The van der Waals surface area contributed by atoms with Crippen molar-refractivity contribution in [2.75, 3.05) is 6.54 Å². The van der Waals surface area contributed by atoms with Gasteiger partial charge in [0, 0.05) is 16.6 Å². The van der Waals surface area contributed by atoms with Gasteiger partial charge >= 0.3 is 0 Å². The van der Waals surface area contributed by atoms with Crippen molar-refractivity contribution in [3.63, 3.8) is 0 Å². The van der Waals surface area contributed by atoms with Crippen molar-refractivity contribution in [3.05, 3.63) is 33.8 Å². The lowest BCUT2D eigenvalue weighted by Crippen LogP contribution is -2.33. The largest absolute Gasteiger partial charge is 0.289 e. The standard InChI is InChI=1S/C14H15Cl2NO2S/c1-2-3-6-17-13(18)12(20-14(17)19)7-9-4-5-10(15)8-11(9)16/h4-5,8,12H,2-3,6-7H2,1H3/t12-/m0/s1. The highest BCUT2D eigenvalue weighted by molar-refractivity contribution is 8.15. The van der Waals surface area contributed by atoms with Gasteiger partial charge in [0.15, 0.2) is 0 Å². The molecule has 108 valence electrons. The van der Waals surface area contributed by atoms with Gasteiger partial charge in [0.2, 0.25) is 5.91 Å². The van der Waals surface area contributed by atoms with Crippen LogP contribution in [0.25, 0.3) is 0 Å². The van der Waals surface area contributed by atoms with Crippen molar-refractivity contribution in [2.24, 2.45) is 0 Å². The fraction of sp³-hybridized carbons (Fsp3) is 0.429. The molecule has 6 heteroatoms. The Kier molecular flexibility index (Phi) is 5.35. The van der Waals surface area contributed by atoms with E-state index in [0.717, 1.165) is 30.2 Å². The molecule has 1 saturated heterocycles.